The van der Waals surface area contributed by atoms with Crippen LogP contribution in [-0.4, -0.2) is 70.8 Å². The summed E-state index contributed by atoms with van der Waals surface area (Å²) in [6.07, 6.45) is 33.7. The van der Waals surface area contributed by atoms with Crippen LogP contribution in [0.15, 0.2) is 0 Å². The van der Waals surface area contributed by atoms with Gasteiger partial charge in [0, 0.05) is 5.41 Å². The molecule has 0 aliphatic carbocycles. The third kappa shape index (κ3) is 33.1. The van der Waals surface area contributed by atoms with E-state index in [9.17, 15) is 10.2 Å². The van der Waals surface area contributed by atoms with Gasteiger partial charge in [0.2, 0.25) is 0 Å². The van der Waals surface area contributed by atoms with Gasteiger partial charge in [-0.25, -0.2) is 0 Å². The number of hydrogen-bond acceptors (Lipinski definition) is 6. The molecule has 0 aromatic heterocycles. The van der Waals surface area contributed by atoms with Gasteiger partial charge in [0.1, 0.15) is 0 Å². The van der Waals surface area contributed by atoms with Gasteiger partial charge in [-0.05, 0) is 19.3 Å². The Morgan fingerprint density at radius 2 is 0.659 bits per heavy atom. The van der Waals surface area contributed by atoms with Gasteiger partial charge in [0.05, 0.1) is 45.2 Å². The molecule has 268 valence electrons. The van der Waals surface area contributed by atoms with Crippen LogP contribution in [0.4, 0.5) is 0 Å². The van der Waals surface area contributed by atoms with Gasteiger partial charge < -0.3 is 30.3 Å². The Morgan fingerprint density at radius 1 is 0.409 bits per heavy atom. The minimum atomic E-state index is -0.667. The molecule has 2 unspecified atom stereocenters. The van der Waals surface area contributed by atoms with E-state index in [-0.39, 0.29) is 32.0 Å². The fourth-order valence-corrected chi connectivity index (χ4v) is 5.43. The van der Waals surface area contributed by atoms with Crippen molar-refractivity contribution < 1.29 is 30.3 Å². The van der Waals surface area contributed by atoms with Crippen molar-refractivity contribution in [2.75, 3.05) is 33.0 Å². The molecule has 0 aromatic rings. The summed E-state index contributed by atoms with van der Waals surface area (Å²) in [5, 5.41) is 46.2. The Labute approximate surface area is 274 Å². The van der Waals surface area contributed by atoms with Crippen LogP contribution in [0, 0.1) is 5.41 Å². The highest BCUT2D eigenvalue weighted by Gasteiger charge is 2.24. The Morgan fingerprint density at radius 3 is 0.864 bits per heavy atom. The molecule has 0 heterocycles. The van der Waals surface area contributed by atoms with Gasteiger partial charge in [-0.2, -0.15) is 0 Å². The summed E-state index contributed by atoms with van der Waals surface area (Å²) in [4.78, 5) is 0. The summed E-state index contributed by atoms with van der Waals surface area (Å²) < 4.78 is 5.57. The summed E-state index contributed by atoms with van der Waals surface area (Å²) in [5.41, 5.74) is -0.667. The van der Waals surface area contributed by atoms with Gasteiger partial charge in [0.25, 0.3) is 0 Å². The van der Waals surface area contributed by atoms with Crippen LogP contribution in [0.1, 0.15) is 194 Å². The van der Waals surface area contributed by atoms with Crippen LogP contribution in [0.25, 0.3) is 0 Å². The molecule has 0 saturated carbocycles. The van der Waals surface area contributed by atoms with Crippen LogP contribution in [0.2, 0.25) is 0 Å². The van der Waals surface area contributed by atoms with E-state index in [2.05, 4.69) is 13.8 Å². The second-order valence-electron chi connectivity index (χ2n) is 13.5. The molecule has 0 fully saturated rings. The zero-order valence-corrected chi connectivity index (χ0v) is 29.9. The maximum Gasteiger partial charge on any atom is 0.0773 e. The molecule has 2 atom stereocenters. The van der Waals surface area contributed by atoms with E-state index in [1.807, 2.05) is 6.92 Å². The average molecular weight is 633 g/mol. The number of unbranched alkanes of at least 4 members (excludes halogenated alkanes) is 22. The zero-order valence-electron chi connectivity index (χ0n) is 29.9. The van der Waals surface area contributed by atoms with E-state index in [0.29, 0.717) is 19.6 Å². The summed E-state index contributed by atoms with van der Waals surface area (Å²) in [5.74, 6) is 0. The first-order valence-corrected chi connectivity index (χ1v) is 19.2. The molecule has 0 amide bonds. The highest BCUT2D eigenvalue weighted by atomic mass is 16.5. The van der Waals surface area contributed by atoms with Crippen LogP contribution in [-0.2, 0) is 4.74 Å². The van der Waals surface area contributed by atoms with Crippen molar-refractivity contribution in [1.29, 1.82) is 0 Å². The molecule has 44 heavy (non-hydrogen) atoms. The fourth-order valence-electron chi connectivity index (χ4n) is 5.43. The van der Waals surface area contributed by atoms with E-state index in [0.717, 1.165) is 25.7 Å². The minimum Gasteiger partial charge on any atom is -0.396 e. The maximum atomic E-state index is 10.1. The monoisotopic (exact) mass is 633 g/mol. The second kappa shape index (κ2) is 37.2. The Balaban J connectivity index is 0. The van der Waals surface area contributed by atoms with Crippen molar-refractivity contribution in [2.45, 2.75) is 206 Å². The lowest BCUT2D eigenvalue weighted by atomic mass is 9.88. The number of aliphatic hydroxyl groups excluding tert-OH is 5. The van der Waals surface area contributed by atoms with Gasteiger partial charge in [0.15, 0.2) is 0 Å². The average Bonchev–Trinajstić information content (AvgIpc) is 3.04. The molecule has 0 aliphatic rings. The van der Waals surface area contributed by atoms with Crippen LogP contribution in [0.3, 0.4) is 0 Å². The molecule has 6 heteroatoms. The fraction of sp³-hybridized carbons (Fsp3) is 1.00. The lowest BCUT2D eigenvalue weighted by Gasteiger charge is -2.24. The predicted molar refractivity (Wildman–Crippen MR) is 188 cm³/mol. The molecule has 0 radical (unpaired) electrons. The molecule has 0 aromatic carbocycles. The molecule has 0 aliphatic heterocycles. The van der Waals surface area contributed by atoms with E-state index >= 15 is 0 Å². The van der Waals surface area contributed by atoms with Crippen molar-refractivity contribution >= 4 is 0 Å². The first-order chi connectivity index (χ1) is 21.4. The van der Waals surface area contributed by atoms with Gasteiger partial charge in [-0.15, -0.1) is 0 Å². The molecule has 0 bridgehead atoms. The number of ether oxygens (including phenoxy) is 1. The lowest BCUT2D eigenvalue weighted by molar-refractivity contribution is -0.0129. The largest absolute Gasteiger partial charge is 0.396 e. The second-order valence-corrected chi connectivity index (χ2v) is 13.5. The number of rotatable bonds is 34. The van der Waals surface area contributed by atoms with E-state index in [1.165, 1.54) is 141 Å². The lowest BCUT2D eigenvalue weighted by Crippen LogP contribution is -2.32. The molecule has 0 spiro atoms. The SMILES string of the molecule is CCC(CO)(CO)CO.CCCCCCCCCCCCCCC(O)COCC(O)CCCCCCCCCCCCCC. The van der Waals surface area contributed by atoms with Crippen molar-refractivity contribution in [1.82, 2.24) is 0 Å². The Hall–Kier alpha value is -0.240. The van der Waals surface area contributed by atoms with Crippen molar-refractivity contribution in [2.24, 2.45) is 5.41 Å². The first-order valence-electron chi connectivity index (χ1n) is 19.2. The maximum absolute atomic E-state index is 10.1. The van der Waals surface area contributed by atoms with E-state index in [4.69, 9.17) is 20.1 Å². The third-order valence-electron chi connectivity index (χ3n) is 9.16. The summed E-state index contributed by atoms with van der Waals surface area (Å²) >= 11 is 0. The van der Waals surface area contributed by atoms with Crippen molar-refractivity contribution in [3.63, 3.8) is 0 Å². The molecular weight excluding hydrogens is 552 g/mol. The number of aliphatic hydroxyl groups is 5. The molecule has 0 saturated heterocycles. The van der Waals surface area contributed by atoms with Crippen LogP contribution >= 0.6 is 0 Å². The molecular formula is C38H80O6. The highest BCUT2D eigenvalue weighted by Crippen LogP contribution is 2.18. The summed E-state index contributed by atoms with van der Waals surface area (Å²) in [6, 6.07) is 0. The smallest absolute Gasteiger partial charge is 0.0773 e. The zero-order chi connectivity index (χ0) is 33.0. The van der Waals surface area contributed by atoms with Gasteiger partial charge in [-0.3, -0.25) is 0 Å². The number of hydrogen-bond donors (Lipinski definition) is 5. The topological polar surface area (TPSA) is 110 Å². The first kappa shape index (κ1) is 45.9. The van der Waals surface area contributed by atoms with Gasteiger partial charge in [-0.1, -0.05) is 175 Å². The normalized spacial score (nSPS) is 13.1. The molecule has 5 N–H and O–H groups in total. The van der Waals surface area contributed by atoms with Crippen LogP contribution in [0.5, 0.6) is 0 Å². The van der Waals surface area contributed by atoms with E-state index in [1.54, 1.807) is 0 Å². The summed E-state index contributed by atoms with van der Waals surface area (Å²) in [6.45, 7) is 6.64. The summed E-state index contributed by atoms with van der Waals surface area (Å²) in [7, 11) is 0. The van der Waals surface area contributed by atoms with E-state index < -0.39 is 5.41 Å². The standard InChI is InChI=1S/C32H66O3.C6H14O3/c1-3-5-7-9-11-13-15-17-19-21-23-25-27-31(33)29-35-30-32(34)28-26-24-22-20-18-16-14-12-10-8-6-4-2;1-2-6(3-7,4-8)5-9/h31-34H,3-30H2,1-2H3;7-9H,2-5H2,1H3. The quantitative estimate of drug-likeness (QED) is 0.0452. The molecule has 6 nitrogen and oxygen atoms in total. The van der Waals surface area contributed by atoms with Crippen LogP contribution < -0.4 is 0 Å². The Bertz CT molecular complexity index is 462. The minimum absolute atomic E-state index is 0.156. The molecule has 0 rings (SSSR count). The van der Waals surface area contributed by atoms with Gasteiger partial charge >= 0.3 is 0 Å². The van der Waals surface area contributed by atoms with Crippen molar-refractivity contribution in [3.05, 3.63) is 0 Å². The highest BCUT2D eigenvalue weighted by molar-refractivity contribution is 4.74. The third-order valence-corrected chi connectivity index (χ3v) is 9.16. The predicted octanol–water partition coefficient (Wildman–Crippen LogP) is 9.27. The van der Waals surface area contributed by atoms with Crippen molar-refractivity contribution in [3.8, 4) is 0 Å². The Kier molecular flexibility index (Phi) is 38.8.